The van der Waals surface area contributed by atoms with Crippen molar-refractivity contribution >= 4 is 11.6 Å². The molecule has 0 aliphatic carbocycles. The van der Waals surface area contributed by atoms with Crippen LogP contribution < -0.4 is 5.32 Å². The SMILES string of the molecule is CN1CCn2nc(-c3ccc(F)cc3)c(-c3ccnc(Nc4ccncn4)c3)c2C1. The van der Waals surface area contributed by atoms with E-state index in [0.29, 0.717) is 11.6 Å². The molecule has 0 unspecified atom stereocenters. The zero-order valence-electron chi connectivity index (χ0n) is 16.5. The standard InChI is InChI=1S/C22H20FN7/c1-29-10-11-30-18(13-29)21(22(28-30)15-2-4-17(23)5-3-15)16-6-9-25-20(12-16)27-19-7-8-24-14-26-19/h2-9,12,14H,10-11,13H2,1H3,(H,24,25,26,27). The molecule has 1 aliphatic heterocycles. The van der Waals surface area contributed by atoms with E-state index >= 15 is 0 Å². The summed E-state index contributed by atoms with van der Waals surface area (Å²) in [6.07, 6.45) is 4.93. The lowest BCUT2D eigenvalue weighted by molar-refractivity contribution is 0.259. The van der Waals surface area contributed by atoms with Gasteiger partial charge in [-0.2, -0.15) is 5.10 Å². The quantitative estimate of drug-likeness (QED) is 0.562. The molecule has 150 valence electrons. The molecule has 0 amide bonds. The van der Waals surface area contributed by atoms with Gasteiger partial charge in [-0.05, 0) is 55.1 Å². The predicted molar refractivity (Wildman–Crippen MR) is 113 cm³/mol. The number of anilines is 2. The van der Waals surface area contributed by atoms with Crippen LogP contribution in [0.15, 0.2) is 61.2 Å². The highest BCUT2D eigenvalue weighted by molar-refractivity contribution is 5.84. The number of fused-ring (bicyclic) bond motifs is 1. The molecule has 0 atom stereocenters. The summed E-state index contributed by atoms with van der Waals surface area (Å²) in [6, 6.07) is 12.2. The van der Waals surface area contributed by atoms with Crippen molar-refractivity contribution in [3.63, 3.8) is 0 Å². The first-order chi connectivity index (χ1) is 14.7. The zero-order valence-corrected chi connectivity index (χ0v) is 16.5. The van der Waals surface area contributed by atoms with Crippen molar-refractivity contribution < 1.29 is 4.39 Å². The Balaban J connectivity index is 1.62. The monoisotopic (exact) mass is 401 g/mol. The van der Waals surface area contributed by atoms with Crippen LogP contribution in [0.3, 0.4) is 0 Å². The minimum Gasteiger partial charge on any atom is -0.325 e. The number of likely N-dealkylation sites (N-methyl/N-ethyl adjacent to an activating group) is 1. The van der Waals surface area contributed by atoms with Gasteiger partial charge in [-0.3, -0.25) is 9.58 Å². The predicted octanol–water partition coefficient (Wildman–Crippen LogP) is 3.73. The number of nitrogens with one attached hydrogen (secondary N) is 1. The molecule has 5 rings (SSSR count). The maximum Gasteiger partial charge on any atom is 0.134 e. The summed E-state index contributed by atoms with van der Waals surface area (Å²) in [5.41, 5.74) is 4.92. The number of hydrogen-bond donors (Lipinski definition) is 1. The van der Waals surface area contributed by atoms with E-state index < -0.39 is 0 Å². The maximum atomic E-state index is 13.5. The normalized spacial score (nSPS) is 13.8. The van der Waals surface area contributed by atoms with Crippen LogP contribution in [0.2, 0.25) is 0 Å². The number of rotatable bonds is 4. The van der Waals surface area contributed by atoms with Gasteiger partial charge in [0.25, 0.3) is 0 Å². The van der Waals surface area contributed by atoms with Crippen molar-refractivity contribution in [3.05, 3.63) is 72.7 Å². The molecular formula is C22H20FN7. The lowest BCUT2D eigenvalue weighted by Crippen LogP contribution is -2.30. The van der Waals surface area contributed by atoms with E-state index in [4.69, 9.17) is 5.10 Å². The van der Waals surface area contributed by atoms with Gasteiger partial charge in [-0.25, -0.2) is 19.3 Å². The fourth-order valence-corrected chi connectivity index (χ4v) is 3.71. The summed E-state index contributed by atoms with van der Waals surface area (Å²) in [5.74, 6) is 1.09. The summed E-state index contributed by atoms with van der Waals surface area (Å²) < 4.78 is 15.6. The van der Waals surface area contributed by atoms with Crippen LogP contribution in [0.1, 0.15) is 5.69 Å². The lowest BCUT2D eigenvalue weighted by Gasteiger charge is -2.24. The number of pyridine rings is 1. The Morgan fingerprint density at radius 3 is 2.60 bits per heavy atom. The van der Waals surface area contributed by atoms with Gasteiger partial charge in [0.2, 0.25) is 0 Å². The summed E-state index contributed by atoms with van der Waals surface area (Å²) in [5, 5.41) is 8.09. The second-order valence-electron chi connectivity index (χ2n) is 7.29. The molecule has 0 fully saturated rings. The third-order valence-electron chi connectivity index (χ3n) is 5.18. The average molecular weight is 401 g/mol. The average Bonchev–Trinajstić information content (AvgIpc) is 3.14. The number of nitrogens with zero attached hydrogens (tertiary/aromatic N) is 6. The van der Waals surface area contributed by atoms with Gasteiger partial charge in [0, 0.05) is 36.6 Å². The highest BCUT2D eigenvalue weighted by Gasteiger charge is 2.24. The van der Waals surface area contributed by atoms with Gasteiger partial charge in [-0.1, -0.05) is 0 Å². The first-order valence-corrected chi connectivity index (χ1v) is 9.71. The third kappa shape index (κ3) is 3.53. The molecule has 0 saturated heterocycles. The van der Waals surface area contributed by atoms with Gasteiger partial charge in [0.15, 0.2) is 0 Å². The van der Waals surface area contributed by atoms with E-state index in [0.717, 1.165) is 47.7 Å². The van der Waals surface area contributed by atoms with Crippen LogP contribution in [0.4, 0.5) is 16.0 Å². The zero-order chi connectivity index (χ0) is 20.5. The second-order valence-corrected chi connectivity index (χ2v) is 7.29. The van der Waals surface area contributed by atoms with Crippen LogP contribution >= 0.6 is 0 Å². The molecule has 30 heavy (non-hydrogen) atoms. The van der Waals surface area contributed by atoms with Gasteiger partial charge >= 0.3 is 0 Å². The molecule has 0 bridgehead atoms. The van der Waals surface area contributed by atoms with Crippen LogP contribution in [-0.4, -0.2) is 43.2 Å². The Kier molecular flexibility index (Phi) is 4.68. The van der Waals surface area contributed by atoms with E-state index in [1.54, 1.807) is 30.6 Å². The minimum absolute atomic E-state index is 0.260. The van der Waals surface area contributed by atoms with E-state index in [1.165, 1.54) is 18.5 Å². The molecule has 8 heteroatoms. The third-order valence-corrected chi connectivity index (χ3v) is 5.18. The van der Waals surface area contributed by atoms with Crippen LogP contribution in [0.25, 0.3) is 22.4 Å². The molecule has 1 aromatic carbocycles. The fourth-order valence-electron chi connectivity index (χ4n) is 3.71. The Bertz CT molecular complexity index is 1170. The Labute approximate surface area is 173 Å². The largest absolute Gasteiger partial charge is 0.325 e. The number of halogens is 1. The van der Waals surface area contributed by atoms with Gasteiger partial charge < -0.3 is 5.32 Å². The topological polar surface area (TPSA) is 71.8 Å². The van der Waals surface area contributed by atoms with Crippen molar-refractivity contribution in [2.45, 2.75) is 13.1 Å². The molecule has 0 spiro atoms. The Morgan fingerprint density at radius 1 is 0.933 bits per heavy atom. The molecule has 4 aromatic rings. The smallest absolute Gasteiger partial charge is 0.134 e. The summed E-state index contributed by atoms with van der Waals surface area (Å²) >= 11 is 0. The number of benzene rings is 1. The summed E-state index contributed by atoms with van der Waals surface area (Å²) in [6.45, 7) is 2.55. The molecule has 4 heterocycles. The Morgan fingerprint density at radius 2 is 1.80 bits per heavy atom. The van der Waals surface area contributed by atoms with Crippen LogP contribution in [0.5, 0.6) is 0 Å². The first-order valence-electron chi connectivity index (χ1n) is 9.71. The van der Waals surface area contributed by atoms with E-state index in [1.807, 2.05) is 12.1 Å². The highest BCUT2D eigenvalue weighted by Crippen LogP contribution is 2.37. The molecule has 3 aromatic heterocycles. The molecule has 0 radical (unpaired) electrons. The van der Waals surface area contributed by atoms with Crippen molar-refractivity contribution in [2.24, 2.45) is 0 Å². The van der Waals surface area contributed by atoms with Crippen molar-refractivity contribution in [1.29, 1.82) is 0 Å². The van der Waals surface area contributed by atoms with Crippen molar-refractivity contribution in [1.82, 2.24) is 29.6 Å². The molecular weight excluding hydrogens is 381 g/mol. The summed E-state index contributed by atoms with van der Waals surface area (Å²) in [7, 11) is 2.10. The van der Waals surface area contributed by atoms with E-state index in [-0.39, 0.29) is 5.82 Å². The van der Waals surface area contributed by atoms with Crippen molar-refractivity contribution in [3.8, 4) is 22.4 Å². The maximum absolute atomic E-state index is 13.5. The highest BCUT2D eigenvalue weighted by atomic mass is 19.1. The van der Waals surface area contributed by atoms with Crippen LogP contribution in [0, 0.1) is 5.82 Å². The summed E-state index contributed by atoms with van der Waals surface area (Å²) in [4.78, 5) is 14.8. The second kappa shape index (κ2) is 7.64. The molecule has 1 N–H and O–H groups in total. The first kappa shape index (κ1) is 18.4. The number of hydrogen-bond acceptors (Lipinski definition) is 6. The van der Waals surface area contributed by atoms with Gasteiger partial charge in [-0.15, -0.1) is 0 Å². The number of aromatic nitrogens is 5. The van der Waals surface area contributed by atoms with E-state index in [2.05, 4.69) is 36.9 Å². The van der Waals surface area contributed by atoms with Crippen molar-refractivity contribution in [2.75, 3.05) is 18.9 Å². The van der Waals surface area contributed by atoms with Gasteiger partial charge in [0.05, 0.1) is 12.2 Å². The van der Waals surface area contributed by atoms with E-state index in [9.17, 15) is 4.39 Å². The molecule has 7 nitrogen and oxygen atoms in total. The molecule has 0 saturated carbocycles. The minimum atomic E-state index is -0.260. The Hall–Kier alpha value is -3.65. The lowest BCUT2D eigenvalue weighted by atomic mass is 9.98. The van der Waals surface area contributed by atoms with Gasteiger partial charge in [0.1, 0.15) is 29.5 Å². The molecule has 1 aliphatic rings. The van der Waals surface area contributed by atoms with Crippen LogP contribution in [-0.2, 0) is 13.1 Å². The fraction of sp³-hybridized carbons (Fsp3) is 0.182.